The van der Waals surface area contributed by atoms with Gasteiger partial charge in [-0.05, 0) is 37.6 Å². The van der Waals surface area contributed by atoms with E-state index in [0.29, 0.717) is 5.69 Å². The molecule has 132 valence electrons. The van der Waals surface area contributed by atoms with Gasteiger partial charge in [0.1, 0.15) is 11.5 Å². The van der Waals surface area contributed by atoms with E-state index in [0.717, 1.165) is 44.1 Å². The van der Waals surface area contributed by atoms with Crippen molar-refractivity contribution >= 4 is 17.4 Å². The molecule has 25 heavy (non-hydrogen) atoms. The summed E-state index contributed by atoms with van der Waals surface area (Å²) < 4.78 is 0. The minimum Gasteiger partial charge on any atom is -0.367 e. The van der Waals surface area contributed by atoms with Crippen LogP contribution in [0.1, 0.15) is 30.8 Å². The number of piperazine rings is 1. The molecule has 1 N–H and O–H groups in total. The van der Waals surface area contributed by atoms with E-state index in [9.17, 15) is 4.79 Å². The third-order valence-electron chi connectivity index (χ3n) is 4.59. The molecule has 1 atom stereocenters. The molecule has 1 fully saturated rings. The van der Waals surface area contributed by atoms with E-state index in [4.69, 9.17) is 0 Å². The highest BCUT2D eigenvalue weighted by Gasteiger charge is 2.19. The van der Waals surface area contributed by atoms with Crippen LogP contribution in [0.5, 0.6) is 0 Å². The van der Waals surface area contributed by atoms with E-state index in [2.05, 4.69) is 25.1 Å². The van der Waals surface area contributed by atoms with Gasteiger partial charge in [-0.1, -0.05) is 13.0 Å². The molecule has 3 heterocycles. The Morgan fingerprint density at radius 2 is 1.88 bits per heavy atom. The van der Waals surface area contributed by atoms with Gasteiger partial charge in [-0.25, -0.2) is 9.97 Å². The van der Waals surface area contributed by atoms with Crippen molar-refractivity contribution in [2.45, 2.75) is 26.3 Å². The van der Waals surface area contributed by atoms with Crippen molar-refractivity contribution in [2.75, 3.05) is 36.0 Å². The Kier molecular flexibility index (Phi) is 5.48. The minimum absolute atomic E-state index is 0.110. The number of carbonyl (C=O) groups is 1. The zero-order chi connectivity index (χ0) is 17.6. The molecule has 0 aliphatic carbocycles. The van der Waals surface area contributed by atoms with Crippen molar-refractivity contribution in [2.24, 2.45) is 0 Å². The van der Waals surface area contributed by atoms with Gasteiger partial charge in [0.15, 0.2) is 0 Å². The Labute approximate surface area is 148 Å². The molecule has 6 heteroatoms. The summed E-state index contributed by atoms with van der Waals surface area (Å²) in [5.74, 6) is 0.915. The zero-order valence-corrected chi connectivity index (χ0v) is 14.9. The van der Waals surface area contributed by atoms with Crippen LogP contribution in [0.4, 0.5) is 11.5 Å². The zero-order valence-electron chi connectivity index (χ0n) is 14.9. The molecule has 6 nitrogen and oxygen atoms in total. The number of pyridine rings is 2. The Morgan fingerprint density at radius 3 is 2.48 bits per heavy atom. The fourth-order valence-corrected chi connectivity index (χ4v) is 2.84. The second-order valence-electron chi connectivity index (χ2n) is 6.35. The number of hydrogen-bond donors (Lipinski definition) is 1. The van der Waals surface area contributed by atoms with Crippen molar-refractivity contribution in [1.29, 1.82) is 0 Å². The number of nitrogens with zero attached hydrogens (tertiary/aromatic N) is 4. The maximum absolute atomic E-state index is 12.1. The third kappa shape index (κ3) is 4.26. The van der Waals surface area contributed by atoms with Gasteiger partial charge >= 0.3 is 0 Å². The lowest BCUT2D eigenvalue weighted by Gasteiger charge is -2.36. The largest absolute Gasteiger partial charge is 0.367 e. The van der Waals surface area contributed by atoms with Crippen LogP contribution in [0.15, 0.2) is 42.7 Å². The summed E-state index contributed by atoms with van der Waals surface area (Å²) in [5, 5.41) is 2.94. The molecule has 0 radical (unpaired) electrons. The quantitative estimate of drug-likeness (QED) is 0.906. The van der Waals surface area contributed by atoms with Crippen LogP contribution in [0.25, 0.3) is 0 Å². The molecule has 2 aromatic rings. The molecule has 0 spiro atoms. The van der Waals surface area contributed by atoms with Gasteiger partial charge in [0, 0.05) is 38.4 Å². The normalized spacial score (nSPS) is 15.8. The van der Waals surface area contributed by atoms with Crippen LogP contribution in [0.3, 0.4) is 0 Å². The molecule has 0 saturated carbocycles. The minimum atomic E-state index is -0.110. The number of carbonyl (C=O) groups excluding carboxylic acids is 1. The van der Waals surface area contributed by atoms with E-state index < -0.39 is 0 Å². The van der Waals surface area contributed by atoms with E-state index in [1.807, 2.05) is 44.3 Å². The number of anilines is 2. The first-order valence-electron chi connectivity index (χ1n) is 8.85. The monoisotopic (exact) mass is 339 g/mol. The molecule has 1 saturated heterocycles. The van der Waals surface area contributed by atoms with Crippen LogP contribution in [-0.4, -0.2) is 48.1 Å². The second-order valence-corrected chi connectivity index (χ2v) is 6.35. The predicted octanol–water partition coefficient (Wildman–Crippen LogP) is 2.33. The molecule has 3 rings (SSSR count). The van der Waals surface area contributed by atoms with E-state index >= 15 is 0 Å². The first kappa shape index (κ1) is 17.2. The van der Waals surface area contributed by atoms with Crippen LogP contribution in [0, 0.1) is 0 Å². The summed E-state index contributed by atoms with van der Waals surface area (Å²) in [6.45, 7) is 7.72. The lowest BCUT2D eigenvalue weighted by molar-refractivity contribution is 0.0934. The van der Waals surface area contributed by atoms with Crippen LogP contribution in [0.2, 0.25) is 0 Å². The van der Waals surface area contributed by atoms with Crippen molar-refractivity contribution in [3.63, 3.8) is 0 Å². The van der Waals surface area contributed by atoms with Crippen LogP contribution < -0.4 is 15.1 Å². The van der Waals surface area contributed by atoms with Crippen molar-refractivity contribution < 1.29 is 4.79 Å². The maximum atomic E-state index is 12.1. The lowest BCUT2D eigenvalue weighted by Crippen LogP contribution is -2.46. The third-order valence-corrected chi connectivity index (χ3v) is 4.59. The Bertz CT molecular complexity index is 681. The highest BCUT2D eigenvalue weighted by molar-refractivity contribution is 5.92. The van der Waals surface area contributed by atoms with Crippen molar-refractivity contribution in [3.05, 3.63) is 48.4 Å². The van der Waals surface area contributed by atoms with Crippen molar-refractivity contribution in [1.82, 2.24) is 15.3 Å². The summed E-state index contributed by atoms with van der Waals surface area (Å²) >= 11 is 0. The Hall–Kier alpha value is -2.63. The number of rotatable bonds is 5. The van der Waals surface area contributed by atoms with E-state index in [1.54, 1.807) is 12.3 Å². The number of aromatic nitrogens is 2. The molecule has 1 aliphatic heterocycles. The van der Waals surface area contributed by atoms with E-state index in [1.165, 1.54) is 0 Å². The number of amides is 1. The molecule has 1 amide bonds. The van der Waals surface area contributed by atoms with E-state index in [-0.39, 0.29) is 11.9 Å². The fraction of sp³-hybridized carbons (Fsp3) is 0.421. The highest BCUT2D eigenvalue weighted by Crippen LogP contribution is 2.18. The van der Waals surface area contributed by atoms with Gasteiger partial charge in [0.2, 0.25) is 0 Å². The predicted molar refractivity (Wildman–Crippen MR) is 100 cm³/mol. The average molecular weight is 339 g/mol. The van der Waals surface area contributed by atoms with Crippen LogP contribution in [-0.2, 0) is 0 Å². The van der Waals surface area contributed by atoms with Crippen LogP contribution >= 0.6 is 0 Å². The van der Waals surface area contributed by atoms with Gasteiger partial charge in [-0.3, -0.25) is 4.79 Å². The lowest BCUT2D eigenvalue weighted by atomic mass is 10.2. The van der Waals surface area contributed by atoms with Gasteiger partial charge in [0.25, 0.3) is 5.91 Å². The first-order valence-corrected chi connectivity index (χ1v) is 8.85. The van der Waals surface area contributed by atoms with Gasteiger partial charge in [-0.15, -0.1) is 0 Å². The molecule has 1 aliphatic rings. The average Bonchev–Trinajstić information content (AvgIpc) is 2.69. The Balaban J connectivity index is 1.58. The summed E-state index contributed by atoms with van der Waals surface area (Å²) in [5.41, 5.74) is 1.52. The highest BCUT2D eigenvalue weighted by atomic mass is 16.1. The molecule has 2 aromatic heterocycles. The topological polar surface area (TPSA) is 61.4 Å². The van der Waals surface area contributed by atoms with Crippen molar-refractivity contribution in [3.8, 4) is 0 Å². The number of hydrogen-bond acceptors (Lipinski definition) is 5. The van der Waals surface area contributed by atoms with Gasteiger partial charge in [-0.2, -0.15) is 0 Å². The van der Waals surface area contributed by atoms with Gasteiger partial charge in [0.05, 0.1) is 11.9 Å². The molecule has 1 unspecified atom stereocenters. The molecular formula is C19H25N5O. The summed E-state index contributed by atoms with van der Waals surface area (Å²) in [6.07, 6.45) is 4.53. The SMILES string of the molecule is CCC(C)NC(=O)c1ccc(N2CCN(c3ccccn3)CC2)cn1. The second kappa shape index (κ2) is 7.96. The maximum Gasteiger partial charge on any atom is 0.270 e. The fourth-order valence-electron chi connectivity index (χ4n) is 2.84. The number of nitrogens with one attached hydrogen (secondary N) is 1. The molecular weight excluding hydrogens is 314 g/mol. The summed E-state index contributed by atoms with van der Waals surface area (Å²) in [4.78, 5) is 25.4. The first-order chi connectivity index (χ1) is 12.2. The Morgan fingerprint density at radius 1 is 1.12 bits per heavy atom. The smallest absolute Gasteiger partial charge is 0.270 e. The molecule has 0 aromatic carbocycles. The summed E-state index contributed by atoms with van der Waals surface area (Å²) in [6, 6.07) is 9.94. The molecule has 0 bridgehead atoms. The van der Waals surface area contributed by atoms with Gasteiger partial charge < -0.3 is 15.1 Å². The summed E-state index contributed by atoms with van der Waals surface area (Å²) in [7, 11) is 0. The standard InChI is InChI=1S/C19H25N5O/c1-3-15(2)22-19(25)17-8-7-16(14-21-17)23-10-12-24(13-11-23)18-6-4-5-9-20-18/h4-9,14-15H,3,10-13H2,1-2H3,(H,22,25).